The molecule has 4 nitrogen and oxygen atoms in total. The van der Waals surface area contributed by atoms with Gasteiger partial charge in [-0.05, 0) is 12.8 Å². The predicted molar refractivity (Wildman–Crippen MR) is 69.6 cm³/mol. The lowest BCUT2D eigenvalue weighted by atomic mass is 10.2. The van der Waals surface area contributed by atoms with E-state index in [1.54, 1.807) is 13.2 Å². The van der Waals surface area contributed by atoms with Crippen molar-refractivity contribution in [2.75, 3.05) is 38.0 Å². The number of nitrogens with zero attached hydrogens (tertiary/aromatic N) is 1. The molecular formula is C13H19FN2O2. The molecule has 100 valence electrons. The zero-order valence-corrected chi connectivity index (χ0v) is 10.8. The SMILES string of the molecule is COCCN(c1cc(OC)c(F)cc1N)C1CC1. The molecule has 0 saturated heterocycles. The van der Waals surface area contributed by atoms with Gasteiger partial charge < -0.3 is 20.1 Å². The van der Waals surface area contributed by atoms with E-state index >= 15 is 0 Å². The number of anilines is 2. The Labute approximate surface area is 106 Å². The smallest absolute Gasteiger partial charge is 0.167 e. The summed E-state index contributed by atoms with van der Waals surface area (Å²) in [6.07, 6.45) is 2.28. The second-order valence-electron chi connectivity index (χ2n) is 4.46. The predicted octanol–water partition coefficient (Wildman–Crippen LogP) is 2.03. The minimum absolute atomic E-state index is 0.224. The van der Waals surface area contributed by atoms with Crippen molar-refractivity contribution in [3.63, 3.8) is 0 Å². The summed E-state index contributed by atoms with van der Waals surface area (Å²) in [4.78, 5) is 2.17. The first-order valence-corrected chi connectivity index (χ1v) is 6.06. The summed E-state index contributed by atoms with van der Waals surface area (Å²) in [7, 11) is 3.12. The Morgan fingerprint density at radius 3 is 2.67 bits per heavy atom. The van der Waals surface area contributed by atoms with Gasteiger partial charge in [0.15, 0.2) is 11.6 Å². The third kappa shape index (κ3) is 2.67. The van der Waals surface area contributed by atoms with Gasteiger partial charge in [-0.1, -0.05) is 0 Å². The van der Waals surface area contributed by atoms with Crippen LogP contribution in [0, 0.1) is 5.82 Å². The molecule has 0 heterocycles. The van der Waals surface area contributed by atoms with Crippen LogP contribution in [0.25, 0.3) is 0 Å². The molecule has 2 rings (SSSR count). The van der Waals surface area contributed by atoms with Crippen LogP contribution in [-0.2, 0) is 4.74 Å². The van der Waals surface area contributed by atoms with Crippen LogP contribution in [0.4, 0.5) is 15.8 Å². The largest absolute Gasteiger partial charge is 0.494 e. The molecule has 0 atom stereocenters. The minimum atomic E-state index is -0.429. The standard InChI is InChI=1S/C13H19FN2O2/c1-17-6-5-16(9-3-4-9)12-8-13(18-2)10(14)7-11(12)15/h7-9H,3-6,15H2,1-2H3. The van der Waals surface area contributed by atoms with Crippen molar-refractivity contribution in [3.05, 3.63) is 17.9 Å². The molecule has 1 aliphatic carbocycles. The van der Waals surface area contributed by atoms with Crippen molar-refractivity contribution in [1.82, 2.24) is 0 Å². The molecule has 0 spiro atoms. The lowest BCUT2D eigenvalue weighted by molar-refractivity contribution is 0.205. The van der Waals surface area contributed by atoms with Crippen LogP contribution < -0.4 is 15.4 Å². The number of hydrogen-bond donors (Lipinski definition) is 1. The van der Waals surface area contributed by atoms with Crippen molar-refractivity contribution in [3.8, 4) is 5.75 Å². The average molecular weight is 254 g/mol. The quantitative estimate of drug-likeness (QED) is 0.789. The van der Waals surface area contributed by atoms with Crippen LogP contribution in [-0.4, -0.2) is 33.4 Å². The Balaban J connectivity index is 2.28. The number of hydrogen-bond acceptors (Lipinski definition) is 4. The summed E-state index contributed by atoms with van der Waals surface area (Å²) in [6, 6.07) is 3.47. The van der Waals surface area contributed by atoms with Gasteiger partial charge in [0.25, 0.3) is 0 Å². The summed E-state index contributed by atoms with van der Waals surface area (Å²) < 4.78 is 23.6. The molecule has 0 aliphatic heterocycles. The first-order valence-electron chi connectivity index (χ1n) is 6.06. The number of nitrogens with two attached hydrogens (primary N) is 1. The fraction of sp³-hybridized carbons (Fsp3) is 0.538. The summed E-state index contributed by atoms with van der Waals surface area (Å²) in [5.74, 6) is -0.205. The zero-order valence-electron chi connectivity index (χ0n) is 10.8. The van der Waals surface area contributed by atoms with Crippen molar-refractivity contribution in [2.45, 2.75) is 18.9 Å². The molecular weight excluding hydrogens is 235 g/mol. The molecule has 5 heteroatoms. The normalized spacial score (nSPS) is 14.6. The highest BCUT2D eigenvalue weighted by Crippen LogP contribution is 2.37. The number of rotatable bonds is 6. The Kier molecular flexibility index (Phi) is 3.91. The van der Waals surface area contributed by atoms with E-state index in [0.717, 1.165) is 25.1 Å². The maximum Gasteiger partial charge on any atom is 0.167 e. The molecule has 0 bridgehead atoms. The number of benzene rings is 1. The van der Waals surface area contributed by atoms with Gasteiger partial charge in [0.2, 0.25) is 0 Å². The molecule has 1 fully saturated rings. The maximum absolute atomic E-state index is 13.5. The summed E-state index contributed by atoms with van der Waals surface area (Å²) in [6.45, 7) is 1.37. The lowest BCUT2D eigenvalue weighted by Crippen LogP contribution is -2.30. The van der Waals surface area contributed by atoms with E-state index in [1.165, 1.54) is 13.2 Å². The van der Waals surface area contributed by atoms with Gasteiger partial charge in [-0.2, -0.15) is 0 Å². The molecule has 18 heavy (non-hydrogen) atoms. The first-order chi connectivity index (χ1) is 8.67. The molecule has 0 aromatic heterocycles. The van der Waals surface area contributed by atoms with E-state index in [0.29, 0.717) is 18.3 Å². The molecule has 0 unspecified atom stereocenters. The third-order valence-electron chi connectivity index (χ3n) is 3.13. The Hall–Kier alpha value is -1.49. The van der Waals surface area contributed by atoms with Crippen molar-refractivity contribution < 1.29 is 13.9 Å². The van der Waals surface area contributed by atoms with Gasteiger partial charge in [0.05, 0.1) is 25.1 Å². The second kappa shape index (κ2) is 5.44. The number of methoxy groups -OCH3 is 2. The van der Waals surface area contributed by atoms with Crippen LogP contribution in [0.5, 0.6) is 5.75 Å². The van der Waals surface area contributed by atoms with Gasteiger partial charge >= 0.3 is 0 Å². The van der Waals surface area contributed by atoms with E-state index in [2.05, 4.69) is 4.90 Å². The first kappa shape index (κ1) is 13.0. The molecule has 1 saturated carbocycles. The molecule has 0 amide bonds. The topological polar surface area (TPSA) is 47.7 Å². The number of nitrogen functional groups attached to an aromatic ring is 1. The number of halogens is 1. The molecule has 1 aromatic carbocycles. The monoisotopic (exact) mass is 254 g/mol. The third-order valence-corrected chi connectivity index (χ3v) is 3.13. The van der Waals surface area contributed by atoms with Crippen LogP contribution in [0.3, 0.4) is 0 Å². The minimum Gasteiger partial charge on any atom is -0.494 e. The fourth-order valence-electron chi connectivity index (χ4n) is 2.04. The van der Waals surface area contributed by atoms with Crippen molar-refractivity contribution in [1.29, 1.82) is 0 Å². The zero-order chi connectivity index (χ0) is 13.1. The van der Waals surface area contributed by atoms with Crippen LogP contribution in [0.15, 0.2) is 12.1 Å². The molecule has 1 aromatic rings. The van der Waals surface area contributed by atoms with Crippen LogP contribution in [0.2, 0.25) is 0 Å². The van der Waals surface area contributed by atoms with Crippen molar-refractivity contribution >= 4 is 11.4 Å². The van der Waals surface area contributed by atoms with E-state index in [9.17, 15) is 4.39 Å². The second-order valence-corrected chi connectivity index (χ2v) is 4.46. The van der Waals surface area contributed by atoms with Crippen molar-refractivity contribution in [2.24, 2.45) is 0 Å². The summed E-state index contributed by atoms with van der Waals surface area (Å²) >= 11 is 0. The van der Waals surface area contributed by atoms with Crippen LogP contribution >= 0.6 is 0 Å². The summed E-state index contributed by atoms with van der Waals surface area (Å²) in [5, 5.41) is 0. The highest BCUT2D eigenvalue weighted by Gasteiger charge is 2.30. The fourth-order valence-corrected chi connectivity index (χ4v) is 2.04. The Morgan fingerprint density at radius 2 is 2.11 bits per heavy atom. The maximum atomic E-state index is 13.5. The van der Waals surface area contributed by atoms with Crippen LogP contribution in [0.1, 0.15) is 12.8 Å². The van der Waals surface area contributed by atoms with Gasteiger partial charge in [-0.3, -0.25) is 0 Å². The Bertz CT molecular complexity index is 422. The van der Waals surface area contributed by atoms with E-state index < -0.39 is 5.82 Å². The highest BCUT2D eigenvalue weighted by atomic mass is 19.1. The van der Waals surface area contributed by atoms with E-state index in [4.69, 9.17) is 15.2 Å². The summed E-state index contributed by atoms with van der Waals surface area (Å²) in [5.41, 5.74) is 7.17. The number of ether oxygens (including phenoxy) is 2. The molecule has 1 aliphatic rings. The van der Waals surface area contributed by atoms with E-state index in [1.807, 2.05) is 0 Å². The van der Waals surface area contributed by atoms with Gasteiger partial charge in [-0.25, -0.2) is 4.39 Å². The average Bonchev–Trinajstić information content (AvgIpc) is 3.16. The Morgan fingerprint density at radius 1 is 1.39 bits per heavy atom. The molecule has 2 N–H and O–H groups in total. The van der Waals surface area contributed by atoms with Gasteiger partial charge in [-0.15, -0.1) is 0 Å². The molecule has 0 radical (unpaired) electrons. The lowest BCUT2D eigenvalue weighted by Gasteiger charge is -2.26. The van der Waals surface area contributed by atoms with E-state index in [-0.39, 0.29) is 5.75 Å². The van der Waals surface area contributed by atoms with Gasteiger partial charge in [0.1, 0.15) is 0 Å². The highest BCUT2D eigenvalue weighted by molar-refractivity contribution is 5.71. The van der Waals surface area contributed by atoms with Gasteiger partial charge in [0, 0.05) is 31.8 Å².